The van der Waals surface area contributed by atoms with Crippen molar-refractivity contribution in [2.45, 2.75) is 23.8 Å². The Kier molecular flexibility index (Phi) is 7.00. The molecule has 2 N–H and O–H groups in total. The summed E-state index contributed by atoms with van der Waals surface area (Å²) < 4.78 is 5.33. The van der Waals surface area contributed by atoms with Crippen LogP contribution in [0.25, 0.3) is 11.3 Å². The third kappa shape index (κ3) is 5.55. The Morgan fingerprint density at radius 1 is 1.07 bits per heavy atom. The predicted molar refractivity (Wildman–Crippen MR) is 108 cm³/mol. The van der Waals surface area contributed by atoms with Crippen LogP contribution in [0.3, 0.4) is 0 Å². The second kappa shape index (κ2) is 9.87. The molecule has 0 aliphatic heterocycles. The average molecular weight is 395 g/mol. The Morgan fingerprint density at radius 2 is 1.79 bits per heavy atom. The molecule has 0 spiro atoms. The molecule has 28 heavy (non-hydrogen) atoms. The van der Waals surface area contributed by atoms with Gasteiger partial charge in [-0.3, -0.25) is 10.0 Å². The number of rotatable bonds is 8. The number of hydrogen-bond donors (Lipinski definition) is 2. The standard InChI is InChI=1S/C21H21N3O3S/c1-27-20-13-18(17-5-3-2-4-6-17)22-21(23-20)28-14-16-9-7-15(8-10-16)11-12-19(25)24-26/h2-10,13,26H,11-12,14H2,1H3,(H,24,25). The summed E-state index contributed by atoms with van der Waals surface area (Å²) in [5.74, 6) is 0.872. The first kappa shape index (κ1) is 19.9. The number of carbonyl (C=O) groups excluding carboxylic acids is 1. The number of benzene rings is 2. The lowest BCUT2D eigenvalue weighted by molar-refractivity contribution is -0.129. The molecule has 3 rings (SSSR count). The molecule has 1 amide bonds. The number of aromatic nitrogens is 2. The van der Waals surface area contributed by atoms with Crippen molar-refractivity contribution in [2.24, 2.45) is 0 Å². The third-order valence-corrected chi connectivity index (χ3v) is 5.04. The fourth-order valence-corrected chi connectivity index (χ4v) is 3.40. The van der Waals surface area contributed by atoms with Crippen molar-refractivity contribution in [3.05, 3.63) is 71.8 Å². The molecular weight excluding hydrogens is 374 g/mol. The zero-order chi connectivity index (χ0) is 19.8. The van der Waals surface area contributed by atoms with E-state index in [4.69, 9.17) is 9.94 Å². The summed E-state index contributed by atoms with van der Waals surface area (Å²) in [6.45, 7) is 0. The third-order valence-electron chi connectivity index (χ3n) is 4.12. The molecule has 0 aliphatic carbocycles. The van der Waals surface area contributed by atoms with E-state index in [2.05, 4.69) is 9.97 Å². The van der Waals surface area contributed by atoms with Crippen LogP contribution in [0, 0.1) is 0 Å². The number of hydroxylamine groups is 1. The van der Waals surface area contributed by atoms with Crippen LogP contribution in [0.5, 0.6) is 5.88 Å². The fourth-order valence-electron chi connectivity index (χ4n) is 2.59. The number of amides is 1. The summed E-state index contributed by atoms with van der Waals surface area (Å²) in [5.41, 5.74) is 5.66. The van der Waals surface area contributed by atoms with E-state index in [0.29, 0.717) is 17.5 Å². The van der Waals surface area contributed by atoms with E-state index in [-0.39, 0.29) is 12.3 Å². The highest BCUT2D eigenvalue weighted by Gasteiger charge is 2.08. The van der Waals surface area contributed by atoms with E-state index < -0.39 is 0 Å². The number of ether oxygens (including phenoxy) is 1. The highest BCUT2D eigenvalue weighted by atomic mass is 32.2. The molecule has 0 saturated carbocycles. The van der Waals surface area contributed by atoms with Crippen molar-refractivity contribution in [1.82, 2.24) is 15.4 Å². The summed E-state index contributed by atoms with van der Waals surface area (Å²) in [6.07, 6.45) is 0.837. The lowest BCUT2D eigenvalue weighted by Gasteiger charge is -2.08. The largest absolute Gasteiger partial charge is 0.481 e. The van der Waals surface area contributed by atoms with E-state index in [1.165, 1.54) is 0 Å². The number of thioether (sulfide) groups is 1. The topological polar surface area (TPSA) is 84.3 Å². The molecule has 1 heterocycles. The van der Waals surface area contributed by atoms with Gasteiger partial charge in [0.25, 0.3) is 0 Å². The summed E-state index contributed by atoms with van der Waals surface area (Å²) in [4.78, 5) is 20.2. The lowest BCUT2D eigenvalue weighted by atomic mass is 10.1. The van der Waals surface area contributed by atoms with Gasteiger partial charge in [-0.15, -0.1) is 0 Å². The van der Waals surface area contributed by atoms with Gasteiger partial charge in [-0.2, -0.15) is 4.98 Å². The van der Waals surface area contributed by atoms with Crippen LogP contribution >= 0.6 is 11.8 Å². The van der Waals surface area contributed by atoms with Crippen molar-refractivity contribution in [3.63, 3.8) is 0 Å². The smallest absolute Gasteiger partial charge is 0.243 e. The van der Waals surface area contributed by atoms with Crippen molar-refractivity contribution < 1.29 is 14.7 Å². The Balaban J connectivity index is 1.66. The molecule has 0 saturated heterocycles. The van der Waals surface area contributed by atoms with E-state index in [9.17, 15) is 4.79 Å². The van der Waals surface area contributed by atoms with Crippen LogP contribution in [-0.4, -0.2) is 28.2 Å². The second-order valence-electron chi connectivity index (χ2n) is 6.08. The molecule has 0 radical (unpaired) electrons. The summed E-state index contributed by atoms with van der Waals surface area (Å²) >= 11 is 1.54. The van der Waals surface area contributed by atoms with E-state index in [0.717, 1.165) is 28.1 Å². The molecule has 144 valence electrons. The molecular formula is C21H21N3O3S. The number of carbonyl (C=O) groups is 1. The van der Waals surface area contributed by atoms with Gasteiger partial charge < -0.3 is 4.74 Å². The summed E-state index contributed by atoms with van der Waals surface area (Å²) in [5, 5.41) is 9.20. The number of aryl methyl sites for hydroxylation is 1. The minimum Gasteiger partial charge on any atom is -0.481 e. The zero-order valence-electron chi connectivity index (χ0n) is 15.5. The van der Waals surface area contributed by atoms with Crippen LogP contribution in [0.2, 0.25) is 0 Å². The summed E-state index contributed by atoms with van der Waals surface area (Å²) in [7, 11) is 1.60. The Morgan fingerprint density at radius 3 is 2.46 bits per heavy atom. The maximum Gasteiger partial charge on any atom is 0.243 e. The highest BCUT2D eigenvalue weighted by molar-refractivity contribution is 7.98. The van der Waals surface area contributed by atoms with E-state index in [1.807, 2.05) is 60.7 Å². The number of nitrogens with one attached hydrogen (secondary N) is 1. The minimum absolute atomic E-state index is 0.254. The van der Waals surface area contributed by atoms with Gasteiger partial charge in [0.05, 0.1) is 12.8 Å². The van der Waals surface area contributed by atoms with Crippen LogP contribution in [-0.2, 0) is 17.0 Å². The quantitative estimate of drug-likeness (QED) is 0.261. The molecule has 2 aromatic carbocycles. The molecule has 3 aromatic rings. The van der Waals surface area contributed by atoms with Gasteiger partial charge in [-0.1, -0.05) is 66.4 Å². The Hall–Kier alpha value is -2.90. The maximum atomic E-state index is 11.1. The van der Waals surface area contributed by atoms with Gasteiger partial charge >= 0.3 is 0 Å². The lowest BCUT2D eigenvalue weighted by Crippen LogP contribution is -2.18. The van der Waals surface area contributed by atoms with Crippen molar-refractivity contribution in [3.8, 4) is 17.1 Å². The van der Waals surface area contributed by atoms with Gasteiger partial charge in [0.1, 0.15) is 0 Å². The molecule has 0 aliphatic rings. The molecule has 0 fully saturated rings. The number of hydrogen-bond acceptors (Lipinski definition) is 6. The number of methoxy groups -OCH3 is 1. The van der Waals surface area contributed by atoms with Crippen molar-refractivity contribution in [2.75, 3.05) is 7.11 Å². The van der Waals surface area contributed by atoms with Crippen LogP contribution in [0.4, 0.5) is 0 Å². The minimum atomic E-state index is -0.385. The molecule has 0 atom stereocenters. The predicted octanol–water partition coefficient (Wildman–Crippen LogP) is 3.88. The fraction of sp³-hybridized carbons (Fsp3) is 0.190. The first-order valence-corrected chi connectivity index (χ1v) is 9.78. The van der Waals surface area contributed by atoms with E-state index >= 15 is 0 Å². The normalized spacial score (nSPS) is 10.5. The highest BCUT2D eigenvalue weighted by Crippen LogP contribution is 2.26. The molecule has 6 nitrogen and oxygen atoms in total. The van der Waals surface area contributed by atoms with Crippen LogP contribution in [0.1, 0.15) is 17.5 Å². The molecule has 0 unspecified atom stereocenters. The molecule has 7 heteroatoms. The number of nitrogens with zero attached hydrogens (tertiary/aromatic N) is 2. The van der Waals surface area contributed by atoms with Gasteiger partial charge in [-0.25, -0.2) is 10.5 Å². The SMILES string of the molecule is COc1cc(-c2ccccc2)nc(SCc2ccc(CCC(=O)NO)cc2)n1. The second-order valence-corrected chi connectivity index (χ2v) is 7.03. The monoisotopic (exact) mass is 395 g/mol. The van der Waals surface area contributed by atoms with Gasteiger partial charge in [0, 0.05) is 23.8 Å². The van der Waals surface area contributed by atoms with Gasteiger partial charge in [0.15, 0.2) is 5.16 Å². The summed E-state index contributed by atoms with van der Waals surface area (Å²) in [6, 6.07) is 19.8. The average Bonchev–Trinajstić information content (AvgIpc) is 2.77. The van der Waals surface area contributed by atoms with Crippen LogP contribution in [0.15, 0.2) is 65.8 Å². The van der Waals surface area contributed by atoms with Crippen molar-refractivity contribution in [1.29, 1.82) is 0 Å². The Labute approximate surface area is 168 Å². The van der Waals surface area contributed by atoms with Gasteiger partial charge in [0.2, 0.25) is 11.8 Å². The first-order chi connectivity index (χ1) is 13.7. The van der Waals surface area contributed by atoms with Crippen LogP contribution < -0.4 is 10.2 Å². The zero-order valence-corrected chi connectivity index (χ0v) is 16.3. The molecule has 0 bridgehead atoms. The van der Waals surface area contributed by atoms with E-state index in [1.54, 1.807) is 24.4 Å². The Bertz CT molecular complexity index is 918. The van der Waals surface area contributed by atoms with Crippen molar-refractivity contribution >= 4 is 17.7 Å². The van der Waals surface area contributed by atoms with Gasteiger partial charge in [-0.05, 0) is 17.5 Å². The maximum absolute atomic E-state index is 11.1. The molecule has 1 aromatic heterocycles. The first-order valence-electron chi connectivity index (χ1n) is 8.80.